The average molecular weight is 471 g/mol. The fraction of sp³-hybridized carbons (Fsp3) is 0.538. The molecule has 8 nitrogen and oxygen atoms in total. The van der Waals surface area contributed by atoms with Crippen LogP contribution in [0.3, 0.4) is 0 Å². The average Bonchev–Trinajstić information content (AvgIpc) is 3.44. The van der Waals surface area contributed by atoms with Gasteiger partial charge in [-0.25, -0.2) is 0 Å². The number of carbonyl (C=O) groups excluding carboxylic acids is 2. The minimum Gasteiger partial charge on any atom is -0.493 e. The molecule has 2 aliphatic heterocycles. The van der Waals surface area contributed by atoms with Gasteiger partial charge < -0.3 is 28.4 Å². The maximum atomic E-state index is 14.1. The summed E-state index contributed by atoms with van der Waals surface area (Å²) >= 11 is 0. The Morgan fingerprint density at radius 2 is 1.94 bits per heavy atom. The van der Waals surface area contributed by atoms with Gasteiger partial charge in [-0.2, -0.15) is 0 Å². The zero-order chi connectivity index (χ0) is 24.2. The highest BCUT2D eigenvalue weighted by atomic mass is 16.7. The van der Waals surface area contributed by atoms with Crippen LogP contribution in [0.5, 0.6) is 17.2 Å². The maximum Gasteiger partial charge on any atom is 0.306 e. The predicted octanol–water partition coefficient (Wildman–Crippen LogP) is 4.12. The minimum atomic E-state index is -1.12. The van der Waals surface area contributed by atoms with Gasteiger partial charge in [0.15, 0.2) is 17.3 Å². The van der Waals surface area contributed by atoms with Crippen LogP contribution >= 0.6 is 0 Å². The molecule has 1 aromatic rings. The number of hydrogen-bond acceptors (Lipinski definition) is 8. The van der Waals surface area contributed by atoms with Gasteiger partial charge in [-0.1, -0.05) is 20.8 Å². The van der Waals surface area contributed by atoms with E-state index in [1.807, 2.05) is 19.1 Å². The third kappa shape index (κ3) is 3.03. The monoisotopic (exact) mass is 470 g/mol. The Bertz CT molecular complexity index is 1120. The summed E-state index contributed by atoms with van der Waals surface area (Å²) in [4.78, 5) is 26.8. The number of fused-ring (bicyclic) bond motifs is 2. The molecule has 5 rings (SSSR count). The summed E-state index contributed by atoms with van der Waals surface area (Å²) < 4.78 is 34.8. The molecular formula is C26H30O8. The molecule has 0 aromatic heterocycles. The van der Waals surface area contributed by atoms with Crippen LogP contribution in [0.4, 0.5) is 0 Å². The zero-order valence-electron chi connectivity index (χ0n) is 20.2. The van der Waals surface area contributed by atoms with E-state index in [-0.39, 0.29) is 42.7 Å². The van der Waals surface area contributed by atoms with Gasteiger partial charge in [0, 0.05) is 23.5 Å². The normalized spacial score (nSPS) is 28.8. The topological polar surface area (TPSA) is 89.5 Å². The molecule has 0 amide bonds. The van der Waals surface area contributed by atoms with Crippen molar-refractivity contribution in [3.8, 4) is 17.2 Å². The van der Waals surface area contributed by atoms with Crippen LogP contribution in [0.25, 0.3) is 0 Å². The van der Waals surface area contributed by atoms with Gasteiger partial charge >= 0.3 is 5.97 Å². The Morgan fingerprint density at radius 1 is 1.15 bits per heavy atom. The van der Waals surface area contributed by atoms with Crippen molar-refractivity contribution in [2.24, 2.45) is 11.8 Å². The van der Waals surface area contributed by atoms with Crippen molar-refractivity contribution < 1.29 is 38.0 Å². The number of rotatable bonds is 5. The largest absolute Gasteiger partial charge is 0.493 e. The molecule has 4 atom stereocenters. The molecule has 0 fully saturated rings. The lowest BCUT2D eigenvalue weighted by Gasteiger charge is -2.41. The molecule has 2 aliphatic carbocycles. The molecule has 4 aliphatic rings. The molecule has 1 aromatic carbocycles. The third-order valence-corrected chi connectivity index (χ3v) is 7.54. The van der Waals surface area contributed by atoms with Crippen molar-refractivity contribution in [1.82, 2.24) is 0 Å². The van der Waals surface area contributed by atoms with Crippen molar-refractivity contribution in [3.05, 3.63) is 40.4 Å². The maximum absolute atomic E-state index is 14.1. The Labute approximate surface area is 198 Å². The smallest absolute Gasteiger partial charge is 0.306 e. The van der Waals surface area contributed by atoms with E-state index in [0.29, 0.717) is 47.8 Å². The second-order valence-corrected chi connectivity index (χ2v) is 9.40. The van der Waals surface area contributed by atoms with Crippen LogP contribution in [0, 0.1) is 11.8 Å². The predicted molar refractivity (Wildman–Crippen MR) is 121 cm³/mol. The minimum absolute atomic E-state index is 0.0290. The Hall–Kier alpha value is -3.16. The first-order chi connectivity index (χ1) is 16.4. The lowest BCUT2D eigenvalue weighted by molar-refractivity contribution is -0.153. The highest BCUT2D eigenvalue weighted by Gasteiger charge is 2.59. The summed E-state index contributed by atoms with van der Waals surface area (Å²) in [6.45, 7) is 6.28. The lowest BCUT2D eigenvalue weighted by atomic mass is 9.62. The summed E-state index contributed by atoms with van der Waals surface area (Å²) in [6.07, 6.45) is 2.96. The fourth-order valence-electron chi connectivity index (χ4n) is 5.58. The molecule has 182 valence electrons. The van der Waals surface area contributed by atoms with E-state index in [1.165, 1.54) is 14.2 Å². The van der Waals surface area contributed by atoms with Gasteiger partial charge in [-0.3, -0.25) is 9.59 Å². The number of hydrogen-bond donors (Lipinski definition) is 0. The van der Waals surface area contributed by atoms with E-state index in [0.717, 1.165) is 11.1 Å². The molecular weight excluding hydrogens is 440 g/mol. The van der Waals surface area contributed by atoms with Crippen molar-refractivity contribution in [2.45, 2.75) is 51.6 Å². The molecule has 4 unspecified atom stereocenters. The van der Waals surface area contributed by atoms with E-state index in [4.69, 9.17) is 28.4 Å². The summed E-state index contributed by atoms with van der Waals surface area (Å²) in [5, 5.41) is 0. The highest BCUT2D eigenvalue weighted by molar-refractivity contribution is 6.08. The van der Waals surface area contributed by atoms with E-state index in [9.17, 15) is 9.59 Å². The van der Waals surface area contributed by atoms with E-state index >= 15 is 0 Å². The number of esters is 1. The number of benzene rings is 1. The van der Waals surface area contributed by atoms with Crippen molar-refractivity contribution in [1.29, 1.82) is 0 Å². The van der Waals surface area contributed by atoms with Crippen LogP contribution < -0.4 is 14.2 Å². The van der Waals surface area contributed by atoms with Gasteiger partial charge in [0.2, 0.25) is 24.1 Å². The highest BCUT2D eigenvalue weighted by Crippen LogP contribution is 2.61. The molecule has 0 radical (unpaired) electrons. The summed E-state index contributed by atoms with van der Waals surface area (Å²) in [7, 11) is 2.99. The standard InChI is InChI=1S/C26H30O8/c1-6-7-19(27)34-21-14(3)13(2)8-15-9-17(29-4)23(30-5)25(28)26(15)11-31-24-20(26)16(21)10-18-22(24)33-12-32-18/h9-10,13-14,21H,6-8,11-12H2,1-5H3. The van der Waals surface area contributed by atoms with Gasteiger partial charge in [0.05, 0.1) is 14.2 Å². The number of carbonyl (C=O) groups is 2. The molecule has 8 heteroatoms. The van der Waals surface area contributed by atoms with Crippen molar-refractivity contribution in [2.75, 3.05) is 27.6 Å². The number of allylic oxidation sites excluding steroid dienone is 2. The second-order valence-electron chi connectivity index (χ2n) is 9.40. The number of methoxy groups -OCH3 is 2. The van der Waals surface area contributed by atoms with Gasteiger partial charge in [0.25, 0.3) is 0 Å². The molecule has 34 heavy (non-hydrogen) atoms. The second kappa shape index (κ2) is 8.25. The fourth-order valence-corrected chi connectivity index (χ4v) is 5.58. The third-order valence-electron chi connectivity index (χ3n) is 7.54. The molecule has 0 bridgehead atoms. The van der Waals surface area contributed by atoms with Gasteiger partial charge in [0.1, 0.15) is 18.1 Å². The first-order valence-corrected chi connectivity index (χ1v) is 11.7. The van der Waals surface area contributed by atoms with Gasteiger partial charge in [-0.15, -0.1) is 0 Å². The Kier molecular flexibility index (Phi) is 5.49. The van der Waals surface area contributed by atoms with Crippen LogP contribution in [-0.4, -0.2) is 39.4 Å². The SMILES string of the molecule is CCCC(=O)OC1c2cc3c(c4c2C2(CO4)C(=O)C(OC)=C(OC)C=C2CC(C)C1C)OCO3. The lowest BCUT2D eigenvalue weighted by Crippen LogP contribution is -2.46. The van der Waals surface area contributed by atoms with Crippen LogP contribution in [0.2, 0.25) is 0 Å². The van der Waals surface area contributed by atoms with Crippen molar-refractivity contribution in [3.63, 3.8) is 0 Å². The summed E-state index contributed by atoms with van der Waals surface area (Å²) in [5.41, 5.74) is 1.16. The van der Waals surface area contributed by atoms with Crippen LogP contribution in [-0.2, 0) is 29.2 Å². The van der Waals surface area contributed by atoms with E-state index < -0.39 is 11.5 Å². The first-order valence-electron chi connectivity index (χ1n) is 11.7. The zero-order valence-corrected chi connectivity index (χ0v) is 20.2. The molecule has 0 N–H and O–H groups in total. The molecule has 2 heterocycles. The van der Waals surface area contributed by atoms with E-state index in [2.05, 4.69) is 13.8 Å². The molecule has 0 saturated carbocycles. The summed E-state index contributed by atoms with van der Waals surface area (Å²) in [5.74, 6) is 1.58. The van der Waals surface area contributed by atoms with Crippen LogP contribution in [0.1, 0.15) is 57.3 Å². The Morgan fingerprint density at radius 3 is 2.65 bits per heavy atom. The quantitative estimate of drug-likeness (QED) is 0.594. The summed E-state index contributed by atoms with van der Waals surface area (Å²) in [6, 6.07) is 1.85. The number of ether oxygens (including phenoxy) is 6. The van der Waals surface area contributed by atoms with Crippen LogP contribution in [0.15, 0.2) is 29.2 Å². The molecule has 0 saturated heterocycles. The van der Waals surface area contributed by atoms with Gasteiger partial charge in [-0.05, 0) is 36.5 Å². The van der Waals surface area contributed by atoms with Crippen molar-refractivity contribution >= 4 is 11.8 Å². The van der Waals surface area contributed by atoms with E-state index in [1.54, 1.807) is 0 Å². The first kappa shape index (κ1) is 22.6. The molecule has 1 spiro atoms. The number of ketones is 1. The Balaban J connectivity index is 1.79. The number of Topliss-reactive ketones (excluding diaryl/α,β-unsaturated/α-hetero) is 1.